The number of rotatable bonds is 1. The summed E-state index contributed by atoms with van der Waals surface area (Å²) in [6.07, 6.45) is 2.90. The summed E-state index contributed by atoms with van der Waals surface area (Å²) < 4.78 is 0.708. The third kappa shape index (κ3) is 2.89. The van der Waals surface area contributed by atoms with E-state index in [4.69, 9.17) is 5.11 Å². The summed E-state index contributed by atoms with van der Waals surface area (Å²) in [6, 6.07) is 1.66. The lowest BCUT2D eigenvalue weighted by Crippen LogP contribution is -1.99. The zero-order valence-electron chi connectivity index (χ0n) is 5.32. The highest BCUT2D eigenvalue weighted by atomic mass is 127. The molecular weight excluding hydrogens is 372 g/mol. The van der Waals surface area contributed by atoms with Crippen LogP contribution in [0.3, 0.4) is 0 Å². The van der Waals surface area contributed by atoms with Crippen molar-refractivity contribution in [3.8, 4) is 0 Å². The molecule has 0 saturated carbocycles. The van der Waals surface area contributed by atoms with E-state index in [0.717, 1.165) is 0 Å². The van der Waals surface area contributed by atoms with E-state index in [2.05, 4.69) is 4.98 Å². The fourth-order valence-corrected chi connectivity index (χ4v) is 1.07. The van der Waals surface area contributed by atoms with Crippen LogP contribution in [0.2, 0.25) is 0 Å². The predicted octanol–water partition coefficient (Wildman–Crippen LogP) is 2.00. The molecule has 60 valence electrons. The highest BCUT2D eigenvalue weighted by molar-refractivity contribution is 14.1. The second-order valence-corrected chi connectivity index (χ2v) is 2.82. The first-order chi connectivity index (χ1) is 4.72. The predicted molar refractivity (Wildman–Crippen MR) is 59.3 cm³/mol. The van der Waals surface area contributed by atoms with Crippen molar-refractivity contribution in [2.45, 2.75) is 0 Å². The average molecular weight is 377 g/mol. The van der Waals surface area contributed by atoms with Gasteiger partial charge in [0.25, 0.3) is 0 Å². The smallest absolute Gasteiger partial charge is 0.338 e. The molecule has 1 heterocycles. The highest BCUT2D eigenvalue weighted by Crippen LogP contribution is 2.08. The van der Waals surface area contributed by atoms with Gasteiger partial charge in [0, 0.05) is 16.0 Å². The van der Waals surface area contributed by atoms with Gasteiger partial charge in [0.15, 0.2) is 0 Å². The third-order valence-electron chi connectivity index (χ3n) is 0.998. The zero-order valence-corrected chi connectivity index (χ0v) is 9.81. The largest absolute Gasteiger partial charge is 0.478 e. The molecule has 0 bridgehead atoms. The van der Waals surface area contributed by atoms with Gasteiger partial charge in [-0.3, -0.25) is 4.98 Å². The van der Waals surface area contributed by atoms with Crippen molar-refractivity contribution in [3.05, 3.63) is 27.6 Å². The molecule has 5 heteroatoms. The monoisotopic (exact) mass is 377 g/mol. The molecule has 0 amide bonds. The molecule has 3 nitrogen and oxygen atoms in total. The summed E-state index contributed by atoms with van der Waals surface area (Å²) in [5.41, 5.74) is 0.253. The molecular formula is C6H5I2NO2. The summed E-state index contributed by atoms with van der Waals surface area (Å²) in [5.74, 6) is -0.933. The first-order valence-corrected chi connectivity index (χ1v) is 3.62. The number of halogens is 2. The van der Waals surface area contributed by atoms with Crippen molar-refractivity contribution in [2.24, 2.45) is 0 Å². The summed E-state index contributed by atoms with van der Waals surface area (Å²) in [6.45, 7) is 0. The molecule has 0 aliphatic rings. The number of carboxylic acid groups (broad SMARTS) is 1. The van der Waals surface area contributed by atoms with Crippen LogP contribution in [-0.4, -0.2) is 16.1 Å². The molecule has 0 saturated heterocycles. The zero-order chi connectivity index (χ0) is 7.56. The van der Waals surface area contributed by atoms with Crippen molar-refractivity contribution in [1.82, 2.24) is 4.98 Å². The van der Waals surface area contributed by atoms with Crippen LogP contribution in [-0.2, 0) is 0 Å². The maximum atomic E-state index is 10.4. The van der Waals surface area contributed by atoms with E-state index in [1.807, 2.05) is 22.6 Å². The van der Waals surface area contributed by atoms with Crippen LogP contribution >= 0.6 is 46.6 Å². The Morgan fingerprint density at radius 2 is 2.27 bits per heavy atom. The number of aromatic carboxylic acids is 1. The Hall–Kier alpha value is 0.0800. The normalized spacial score (nSPS) is 8.45. The summed E-state index contributed by atoms with van der Waals surface area (Å²) in [7, 11) is 0. The Bertz CT molecular complexity index is 265. The van der Waals surface area contributed by atoms with Crippen LogP contribution < -0.4 is 0 Å². The minimum atomic E-state index is -0.933. The molecule has 0 aromatic carbocycles. The van der Waals surface area contributed by atoms with E-state index in [0.29, 0.717) is 3.57 Å². The molecule has 0 aliphatic carbocycles. The maximum absolute atomic E-state index is 10.4. The molecule has 0 unspecified atom stereocenters. The van der Waals surface area contributed by atoms with Crippen LogP contribution in [0.1, 0.15) is 10.4 Å². The van der Waals surface area contributed by atoms with Crippen molar-refractivity contribution in [2.75, 3.05) is 0 Å². The van der Waals surface area contributed by atoms with Gasteiger partial charge in [0.05, 0.1) is 5.56 Å². The molecule has 1 aromatic heterocycles. The number of pyridine rings is 1. The van der Waals surface area contributed by atoms with E-state index in [1.165, 1.54) is 6.20 Å². The lowest BCUT2D eigenvalue weighted by molar-refractivity contribution is 0.0695. The first-order valence-electron chi connectivity index (χ1n) is 2.54. The number of nitrogens with zero attached hydrogens (tertiary/aromatic N) is 1. The standard InChI is InChI=1S/C6H4INO2.HI/c7-5-1-2-8-3-4(5)6(9)10;/h1-3H,(H,9,10);1H. The SMILES string of the molecule is I.O=C(O)c1cnccc1I. The molecule has 0 spiro atoms. The fourth-order valence-electron chi connectivity index (χ4n) is 0.535. The van der Waals surface area contributed by atoms with Gasteiger partial charge >= 0.3 is 5.97 Å². The molecule has 0 fully saturated rings. The van der Waals surface area contributed by atoms with E-state index >= 15 is 0 Å². The van der Waals surface area contributed by atoms with E-state index in [9.17, 15) is 4.79 Å². The van der Waals surface area contributed by atoms with Gasteiger partial charge < -0.3 is 5.11 Å². The van der Waals surface area contributed by atoms with Crippen LogP contribution in [0.5, 0.6) is 0 Å². The highest BCUT2D eigenvalue weighted by Gasteiger charge is 2.05. The van der Waals surface area contributed by atoms with Crippen molar-refractivity contribution in [3.63, 3.8) is 0 Å². The van der Waals surface area contributed by atoms with Gasteiger partial charge in [0.2, 0.25) is 0 Å². The molecule has 0 aliphatic heterocycles. The maximum Gasteiger partial charge on any atom is 0.338 e. The minimum absolute atomic E-state index is 0. The molecule has 1 N–H and O–H groups in total. The van der Waals surface area contributed by atoms with Crippen LogP contribution in [0, 0.1) is 3.57 Å². The number of carbonyl (C=O) groups is 1. The topological polar surface area (TPSA) is 50.2 Å². The summed E-state index contributed by atoms with van der Waals surface area (Å²) >= 11 is 1.95. The second-order valence-electron chi connectivity index (χ2n) is 1.66. The van der Waals surface area contributed by atoms with Gasteiger partial charge in [-0.15, -0.1) is 24.0 Å². The average Bonchev–Trinajstić information content (AvgIpc) is 1.88. The Balaban J connectivity index is 0.000001000. The number of hydrogen-bond acceptors (Lipinski definition) is 2. The molecule has 0 radical (unpaired) electrons. The first kappa shape index (κ1) is 11.1. The van der Waals surface area contributed by atoms with Crippen molar-refractivity contribution < 1.29 is 9.90 Å². The fraction of sp³-hybridized carbons (Fsp3) is 0. The Morgan fingerprint density at radius 1 is 1.64 bits per heavy atom. The molecule has 1 aromatic rings. The summed E-state index contributed by atoms with van der Waals surface area (Å²) in [4.78, 5) is 14.1. The number of hydrogen-bond donors (Lipinski definition) is 1. The van der Waals surface area contributed by atoms with E-state index in [1.54, 1.807) is 12.3 Å². The van der Waals surface area contributed by atoms with E-state index < -0.39 is 5.97 Å². The van der Waals surface area contributed by atoms with Crippen molar-refractivity contribution >= 4 is 52.5 Å². The molecule has 11 heavy (non-hydrogen) atoms. The number of aromatic nitrogens is 1. The Labute approximate surface area is 94.4 Å². The van der Waals surface area contributed by atoms with Crippen LogP contribution in [0.4, 0.5) is 0 Å². The van der Waals surface area contributed by atoms with Gasteiger partial charge in [-0.2, -0.15) is 0 Å². The summed E-state index contributed by atoms with van der Waals surface area (Å²) in [5, 5.41) is 8.52. The Kier molecular flexibility index (Phi) is 4.89. The lowest BCUT2D eigenvalue weighted by atomic mass is 10.3. The van der Waals surface area contributed by atoms with Gasteiger partial charge in [0.1, 0.15) is 0 Å². The number of carboxylic acids is 1. The quantitative estimate of drug-likeness (QED) is 0.763. The third-order valence-corrected chi connectivity index (χ3v) is 1.94. The van der Waals surface area contributed by atoms with Gasteiger partial charge in [-0.05, 0) is 28.7 Å². The van der Waals surface area contributed by atoms with Gasteiger partial charge in [-0.1, -0.05) is 0 Å². The van der Waals surface area contributed by atoms with Gasteiger partial charge in [-0.25, -0.2) is 4.79 Å². The lowest BCUT2D eigenvalue weighted by Gasteiger charge is -1.93. The molecule has 0 atom stereocenters. The molecule has 1 rings (SSSR count). The Morgan fingerprint density at radius 3 is 2.64 bits per heavy atom. The van der Waals surface area contributed by atoms with Crippen molar-refractivity contribution in [1.29, 1.82) is 0 Å². The van der Waals surface area contributed by atoms with Crippen LogP contribution in [0.15, 0.2) is 18.5 Å². The second kappa shape index (κ2) is 4.86. The minimum Gasteiger partial charge on any atom is -0.478 e. The van der Waals surface area contributed by atoms with Crippen LogP contribution in [0.25, 0.3) is 0 Å². The van der Waals surface area contributed by atoms with E-state index in [-0.39, 0.29) is 29.5 Å².